The van der Waals surface area contributed by atoms with E-state index < -0.39 is 20.5 Å². The van der Waals surface area contributed by atoms with Gasteiger partial charge in [-0.2, -0.15) is 0 Å². The molecule has 4 aromatic carbocycles. The van der Waals surface area contributed by atoms with Crippen LogP contribution in [0.25, 0.3) is 10.9 Å². The van der Waals surface area contributed by atoms with Crippen molar-refractivity contribution in [3.8, 4) is 5.75 Å². The fraction of sp³-hybridized carbons (Fsp3) is 0.383. The highest BCUT2D eigenvalue weighted by Gasteiger charge is 2.41. The number of ether oxygens (including phenoxy) is 1. The first-order valence-electron chi connectivity index (χ1n) is 20.1. The smallest absolute Gasteiger partial charge is 0.407 e. The summed E-state index contributed by atoms with van der Waals surface area (Å²) < 4.78 is 13.4. The molecule has 0 saturated heterocycles. The fourth-order valence-corrected chi connectivity index (χ4v) is 8.03. The van der Waals surface area contributed by atoms with Crippen molar-refractivity contribution in [1.82, 2.24) is 15.2 Å². The molecule has 1 heterocycles. The minimum atomic E-state index is -2.47. The highest BCUT2D eigenvalue weighted by molar-refractivity contribution is 6.74. The number of aromatic amines is 1. The van der Waals surface area contributed by atoms with Gasteiger partial charge in [0, 0.05) is 36.1 Å². The number of benzene rings is 4. The van der Waals surface area contributed by atoms with E-state index in [1.807, 2.05) is 84.9 Å². The summed E-state index contributed by atoms with van der Waals surface area (Å²) >= 11 is 0. The number of nitrogens with zero attached hydrogens (tertiary/aromatic N) is 1. The van der Waals surface area contributed by atoms with Gasteiger partial charge in [-0.3, -0.25) is 4.79 Å². The maximum absolute atomic E-state index is 13.2. The van der Waals surface area contributed by atoms with Crippen LogP contribution in [0.3, 0.4) is 0 Å². The molecule has 0 aliphatic rings. The van der Waals surface area contributed by atoms with Gasteiger partial charge < -0.3 is 34.8 Å². The van der Waals surface area contributed by atoms with Crippen LogP contribution in [0.15, 0.2) is 114 Å². The van der Waals surface area contributed by atoms with Crippen LogP contribution >= 0.6 is 0 Å². The van der Waals surface area contributed by atoms with Crippen LogP contribution in [0, 0.1) is 5.41 Å². The number of aromatic nitrogens is 1. The van der Waals surface area contributed by atoms with Crippen molar-refractivity contribution in [1.29, 1.82) is 0 Å². The van der Waals surface area contributed by atoms with E-state index in [2.05, 4.69) is 82.4 Å². The van der Waals surface area contributed by atoms with Crippen LogP contribution in [0.5, 0.6) is 5.75 Å². The lowest BCUT2D eigenvalue weighted by atomic mass is 9.76. The molecule has 0 spiro atoms. The zero-order valence-electron chi connectivity index (χ0n) is 35.2. The molecule has 11 heteroatoms. The third-order valence-corrected chi connectivity index (χ3v) is 15.7. The zero-order chi connectivity index (χ0) is 42.1. The highest BCUT2D eigenvalue weighted by atomic mass is 28.4. The fourth-order valence-electron chi connectivity index (χ4n) is 6.76. The predicted molar refractivity (Wildman–Crippen MR) is 236 cm³/mol. The molecule has 0 aliphatic carbocycles. The number of pyridine rings is 1. The third-order valence-electron chi connectivity index (χ3n) is 11.2. The minimum Gasteiger partial charge on any atom is -0.487 e. The molecular formula is C47H60N4O6Si. The maximum Gasteiger partial charge on any atom is 0.407 e. The van der Waals surface area contributed by atoms with E-state index in [4.69, 9.17) is 9.16 Å². The maximum atomic E-state index is 13.2. The summed E-state index contributed by atoms with van der Waals surface area (Å²) in [5.41, 5.74) is 4.55. The molecule has 2 atom stereocenters. The van der Waals surface area contributed by atoms with E-state index in [1.54, 1.807) is 6.07 Å². The second kappa shape index (κ2) is 18.9. The number of urea groups is 1. The van der Waals surface area contributed by atoms with Gasteiger partial charge >= 0.3 is 12.1 Å². The Kier molecular flexibility index (Phi) is 14.3. The number of hydrogen-bond acceptors (Lipinski definition) is 5. The Bertz CT molecular complexity index is 2180. The van der Waals surface area contributed by atoms with E-state index in [1.165, 1.54) is 16.5 Å². The van der Waals surface area contributed by atoms with Crippen LogP contribution in [0.4, 0.5) is 15.3 Å². The number of carbonyl (C=O) groups is 2. The number of anilines is 1. The van der Waals surface area contributed by atoms with Crippen molar-refractivity contribution < 1.29 is 23.9 Å². The molecule has 1 unspecified atom stereocenters. The van der Waals surface area contributed by atoms with E-state index in [0.717, 1.165) is 34.9 Å². The monoisotopic (exact) mass is 804 g/mol. The van der Waals surface area contributed by atoms with Crippen molar-refractivity contribution in [2.24, 2.45) is 5.41 Å². The molecule has 0 radical (unpaired) electrons. The molecular weight excluding hydrogens is 745 g/mol. The number of nitrogens with one attached hydrogen (secondary N) is 3. The van der Waals surface area contributed by atoms with Crippen LogP contribution in [0.2, 0.25) is 18.1 Å². The lowest BCUT2D eigenvalue weighted by molar-refractivity contribution is 0.0907. The molecule has 10 nitrogen and oxygen atoms in total. The molecule has 3 amide bonds. The van der Waals surface area contributed by atoms with E-state index in [9.17, 15) is 19.5 Å². The van der Waals surface area contributed by atoms with Gasteiger partial charge in [-0.1, -0.05) is 120 Å². The normalized spacial score (nSPS) is 13.1. The summed E-state index contributed by atoms with van der Waals surface area (Å²) in [6.07, 6.45) is 0.0113. The summed E-state index contributed by atoms with van der Waals surface area (Å²) in [6.45, 7) is 18.2. The summed E-state index contributed by atoms with van der Waals surface area (Å²) in [5.74, 6) is 0.326. The Morgan fingerprint density at radius 1 is 0.810 bits per heavy atom. The Morgan fingerprint density at radius 3 is 2.05 bits per heavy atom. The number of carbonyl (C=O) groups excluding carboxylic acids is 1. The van der Waals surface area contributed by atoms with E-state index >= 15 is 0 Å². The largest absolute Gasteiger partial charge is 0.487 e. The number of carboxylic acid groups (broad SMARTS) is 1. The predicted octanol–water partition coefficient (Wildman–Crippen LogP) is 10.7. The molecule has 5 rings (SSSR count). The second-order valence-corrected chi connectivity index (χ2v) is 22.4. The van der Waals surface area contributed by atoms with Crippen molar-refractivity contribution in [2.75, 3.05) is 25.0 Å². The lowest BCUT2D eigenvalue weighted by Crippen LogP contribution is -2.46. The molecule has 0 saturated carbocycles. The SMILES string of the molecule is CC(C)(C)C(CN(C[C@H](O[Si](C)(C)C(C)(C)C)c1ccc(OCc2ccccc2)c2[nH]c(=O)ccc12)C(=O)O)c1ccc(NC(=O)NCCCc2ccccc2)cc1. The number of H-pyrrole nitrogens is 1. The summed E-state index contributed by atoms with van der Waals surface area (Å²) in [4.78, 5) is 43.0. The van der Waals surface area contributed by atoms with Crippen LogP contribution in [0.1, 0.15) is 82.2 Å². The number of amides is 3. The lowest BCUT2D eigenvalue weighted by Gasteiger charge is -2.41. The van der Waals surface area contributed by atoms with Crippen LogP contribution in [-0.4, -0.2) is 55.1 Å². The number of hydrogen-bond donors (Lipinski definition) is 4. The first-order chi connectivity index (χ1) is 27.4. The van der Waals surface area contributed by atoms with Gasteiger partial charge in [-0.05, 0) is 82.9 Å². The van der Waals surface area contributed by atoms with Gasteiger partial charge in [-0.25, -0.2) is 9.59 Å². The zero-order valence-corrected chi connectivity index (χ0v) is 36.2. The average Bonchev–Trinajstić information content (AvgIpc) is 3.17. The average molecular weight is 805 g/mol. The number of aryl methyl sites for hydroxylation is 1. The van der Waals surface area contributed by atoms with Crippen molar-refractivity contribution in [3.05, 3.63) is 142 Å². The topological polar surface area (TPSA) is 133 Å². The Balaban J connectivity index is 1.38. The van der Waals surface area contributed by atoms with Crippen LogP contribution < -0.4 is 20.9 Å². The Hall–Kier alpha value is -5.39. The minimum absolute atomic E-state index is 0.0664. The van der Waals surface area contributed by atoms with Crippen molar-refractivity contribution in [3.63, 3.8) is 0 Å². The first-order valence-corrected chi connectivity index (χ1v) is 23.0. The van der Waals surface area contributed by atoms with Crippen molar-refractivity contribution >= 4 is 37.0 Å². The molecule has 0 aliphatic heterocycles. The van der Waals surface area contributed by atoms with Gasteiger partial charge in [0.25, 0.3) is 0 Å². The second-order valence-electron chi connectivity index (χ2n) is 17.6. The Morgan fingerprint density at radius 2 is 1.45 bits per heavy atom. The molecule has 1 aromatic heterocycles. The Labute approximate surface area is 344 Å². The molecule has 4 N–H and O–H groups in total. The molecule has 308 valence electrons. The quantitative estimate of drug-likeness (QED) is 0.0580. The van der Waals surface area contributed by atoms with Crippen LogP contribution in [-0.2, 0) is 17.5 Å². The molecule has 58 heavy (non-hydrogen) atoms. The summed E-state index contributed by atoms with van der Waals surface area (Å²) in [6, 6.07) is 34.4. The molecule has 0 bridgehead atoms. The van der Waals surface area contributed by atoms with Gasteiger partial charge in [-0.15, -0.1) is 0 Å². The summed E-state index contributed by atoms with van der Waals surface area (Å²) in [5, 5.41) is 17.2. The van der Waals surface area contributed by atoms with Gasteiger partial charge in [0.1, 0.15) is 12.4 Å². The van der Waals surface area contributed by atoms with Gasteiger partial charge in [0.2, 0.25) is 5.56 Å². The van der Waals surface area contributed by atoms with Gasteiger partial charge in [0.15, 0.2) is 8.32 Å². The van der Waals surface area contributed by atoms with Crippen molar-refractivity contribution in [2.45, 2.75) is 91.1 Å². The number of rotatable bonds is 16. The van der Waals surface area contributed by atoms with E-state index in [0.29, 0.717) is 30.1 Å². The number of fused-ring (bicyclic) bond motifs is 1. The van der Waals surface area contributed by atoms with E-state index in [-0.39, 0.29) is 41.1 Å². The summed E-state index contributed by atoms with van der Waals surface area (Å²) in [7, 11) is -2.47. The highest BCUT2D eigenvalue weighted by Crippen LogP contribution is 2.43. The van der Waals surface area contributed by atoms with Gasteiger partial charge in [0.05, 0.1) is 18.2 Å². The first kappa shape index (κ1) is 43.7. The molecule has 0 fully saturated rings. The third kappa shape index (κ3) is 11.8. The molecule has 5 aromatic rings. The standard InChI is InChI=1S/C47H60N4O6Si/c1-46(2,3)39(35-21-23-36(24-22-35)49-44(53)48-29-15-20-33-16-11-9-12-17-33)30-51(45(54)55)31-41(57-58(7,8)47(4,5)6)37-25-27-40(43-38(37)26-28-42(52)50-43)56-32-34-18-13-10-14-19-34/h9-14,16-19,21-28,39,41H,15,20,29-32H2,1-8H3,(H,50,52)(H,54,55)(H2,48,49,53)/t39?,41-/m0/s1.